The van der Waals surface area contributed by atoms with Crippen molar-refractivity contribution in [3.8, 4) is 0 Å². The second-order valence-corrected chi connectivity index (χ2v) is 4.07. The standard InChI is InChI=1S/C7H16N2.C6H10/c1-2-5-9-6-3-8-4-7-9;1-4-5-6(2)3/h8H,2-7H2,1H3;4-5H,1H2,2-3H3. The van der Waals surface area contributed by atoms with Crippen LogP contribution >= 0.6 is 0 Å². The van der Waals surface area contributed by atoms with Crippen LogP contribution in [0.15, 0.2) is 24.3 Å². The van der Waals surface area contributed by atoms with E-state index in [-0.39, 0.29) is 0 Å². The van der Waals surface area contributed by atoms with E-state index in [0.717, 1.165) is 0 Å². The van der Waals surface area contributed by atoms with Crippen LogP contribution in [0.3, 0.4) is 0 Å². The van der Waals surface area contributed by atoms with Gasteiger partial charge in [0.05, 0.1) is 0 Å². The highest BCUT2D eigenvalue weighted by atomic mass is 15.2. The van der Waals surface area contributed by atoms with Crippen molar-refractivity contribution >= 4 is 0 Å². The number of allylic oxidation sites excluding steroid dienone is 3. The molecule has 15 heavy (non-hydrogen) atoms. The second kappa shape index (κ2) is 9.94. The van der Waals surface area contributed by atoms with E-state index in [4.69, 9.17) is 0 Å². The van der Waals surface area contributed by atoms with Crippen LogP contribution in [0.1, 0.15) is 27.2 Å². The first-order valence-corrected chi connectivity index (χ1v) is 5.89. The summed E-state index contributed by atoms with van der Waals surface area (Å²) >= 11 is 0. The predicted molar refractivity (Wildman–Crippen MR) is 69.2 cm³/mol. The van der Waals surface area contributed by atoms with Crippen molar-refractivity contribution in [1.29, 1.82) is 0 Å². The summed E-state index contributed by atoms with van der Waals surface area (Å²) in [4.78, 5) is 2.51. The molecular weight excluding hydrogens is 184 g/mol. The third-order valence-corrected chi connectivity index (χ3v) is 2.20. The van der Waals surface area contributed by atoms with E-state index in [0.29, 0.717) is 0 Å². The van der Waals surface area contributed by atoms with Crippen molar-refractivity contribution in [2.75, 3.05) is 32.7 Å². The largest absolute Gasteiger partial charge is 0.314 e. The summed E-state index contributed by atoms with van der Waals surface area (Å²) in [5.74, 6) is 0. The molecule has 0 radical (unpaired) electrons. The van der Waals surface area contributed by atoms with E-state index in [9.17, 15) is 0 Å². The van der Waals surface area contributed by atoms with Gasteiger partial charge < -0.3 is 10.2 Å². The second-order valence-electron chi connectivity index (χ2n) is 4.07. The normalized spacial score (nSPS) is 16.2. The molecule has 0 bridgehead atoms. The molecule has 1 N–H and O–H groups in total. The van der Waals surface area contributed by atoms with Crippen LogP contribution < -0.4 is 5.32 Å². The number of nitrogens with zero attached hydrogens (tertiary/aromatic N) is 1. The third kappa shape index (κ3) is 9.70. The molecule has 1 aliphatic rings. The lowest BCUT2D eigenvalue weighted by atomic mass is 10.3. The lowest BCUT2D eigenvalue weighted by Gasteiger charge is -2.26. The highest BCUT2D eigenvalue weighted by Gasteiger charge is 2.06. The highest BCUT2D eigenvalue weighted by molar-refractivity contribution is 5.04. The first-order chi connectivity index (χ1) is 7.20. The molecule has 88 valence electrons. The average molecular weight is 210 g/mol. The van der Waals surface area contributed by atoms with Gasteiger partial charge in [-0.15, -0.1) is 0 Å². The zero-order valence-electron chi connectivity index (χ0n) is 10.6. The van der Waals surface area contributed by atoms with Crippen molar-refractivity contribution in [2.45, 2.75) is 27.2 Å². The van der Waals surface area contributed by atoms with Crippen LogP contribution in [-0.2, 0) is 0 Å². The quantitative estimate of drug-likeness (QED) is 0.720. The lowest BCUT2D eigenvalue weighted by molar-refractivity contribution is 0.241. The molecule has 0 saturated carbocycles. The van der Waals surface area contributed by atoms with Gasteiger partial charge in [0.25, 0.3) is 0 Å². The Morgan fingerprint density at radius 2 is 1.93 bits per heavy atom. The molecule has 1 aliphatic heterocycles. The Balaban J connectivity index is 0.000000288. The molecule has 1 saturated heterocycles. The SMILES string of the molecule is C=CC=C(C)C.CCCN1CCNCC1. The van der Waals surface area contributed by atoms with Crippen LogP contribution in [0, 0.1) is 0 Å². The van der Waals surface area contributed by atoms with Crippen LogP contribution in [0.2, 0.25) is 0 Å². The van der Waals surface area contributed by atoms with Crippen LogP contribution in [0.25, 0.3) is 0 Å². The molecule has 0 spiro atoms. The molecule has 1 heterocycles. The maximum Gasteiger partial charge on any atom is 0.0107 e. The Hall–Kier alpha value is -0.600. The van der Waals surface area contributed by atoms with Gasteiger partial charge in [-0.05, 0) is 26.8 Å². The number of hydrogen-bond acceptors (Lipinski definition) is 2. The minimum atomic E-state index is 1.18. The zero-order valence-corrected chi connectivity index (χ0v) is 10.6. The summed E-state index contributed by atoms with van der Waals surface area (Å²) in [6.45, 7) is 16.0. The molecular formula is C13H26N2. The maximum absolute atomic E-state index is 3.52. The topological polar surface area (TPSA) is 15.3 Å². The molecule has 1 rings (SSSR count). The van der Waals surface area contributed by atoms with Crippen molar-refractivity contribution in [2.24, 2.45) is 0 Å². The van der Waals surface area contributed by atoms with Crippen LogP contribution in [0.5, 0.6) is 0 Å². The first-order valence-electron chi connectivity index (χ1n) is 5.89. The lowest BCUT2D eigenvalue weighted by Crippen LogP contribution is -2.43. The van der Waals surface area contributed by atoms with Crippen molar-refractivity contribution in [3.05, 3.63) is 24.3 Å². The van der Waals surface area contributed by atoms with Crippen molar-refractivity contribution < 1.29 is 0 Å². The summed E-state index contributed by atoms with van der Waals surface area (Å²) in [5, 5.41) is 3.33. The molecule has 2 heteroatoms. The number of rotatable bonds is 3. The predicted octanol–water partition coefficient (Wildman–Crippen LogP) is 2.44. The monoisotopic (exact) mass is 210 g/mol. The summed E-state index contributed by atoms with van der Waals surface area (Å²) in [6.07, 6.45) is 5.05. The van der Waals surface area contributed by atoms with Gasteiger partial charge in [0.1, 0.15) is 0 Å². The summed E-state index contributed by atoms with van der Waals surface area (Å²) < 4.78 is 0. The Morgan fingerprint density at radius 1 is 1.33 bits per heavy atom. The zero-order chi connectivity index (χ0) is 11.5. The highest BCUT2D eigenvalue weighted by Crippen LogP contribution is 1.92. The Labute approximate surface area is 95.0 Å². The summed E-state index contributed by atoms with van der Waals surface area (Å²) in [7, 11) is 0. The molecule has 0 aromatic carbocycles. The van der Waals surface area contributed by atoms with Gasteiger partial charge >= 0.3 is 0 Å². The molecule has 1 fully saturated rings. The fourth-order valence-electron chi connectivity index (χ4n) is 1.49. The number of nitrogens with one attached hydrogen (secondary N) is 1. The molecule has 2 nitrogen and oxygen atoms in total. The number of hydrogen-bond donors (Lipinski definition) is 1. The van der Waals surface area contributed by atoms with E-state index < -0.39 is 0 Å². The first kappa shape index (κ1) is 14.4. The Morgan fingerprint density at radius 3 is 2.27 bits per heavy atom. The Kier molecular flexibility index (Phi) is 9.54. The molecule has 0 aromatic heterocycles. The summed E-state index contributed by atoms with van der Waals surface area (Å²) in [6, 6.07) is 0. The average Bonchev–Trinajstić information content (AvgIpc) is 2.20. The molecule has 0 unspecified atom stereocenters. The van der Waals surface area contributed by atoms with E-state index in [1.165, 1.54) is 44.7 Å². The van der Waals surface area contributed by atoms with Crippen LogP contribution in [-0.4, -0.2) is 37.6 Å². The van der Waals surface area contributed by atoms with Gasteiger partial charge in [0.2, 0.25) is 0 Å². The molecule has 0 atom stereocenters. The van der Waals surface area contributed by atoms with Gasteiger partial charge in [-0.3, -0.25) is 0 Å². The van der Waals surface area contributed by atoms with Gasteiger partial charge in [0.15, 0.2) is 0 Å². The molecule has 0 aliphatic carbocycles. The van der Waals surface area contributed by atoms with Gasteiger partial charge in [-0.25, -0.2) is 0 Å². The molecule has 0 aromatic rings. The third-order valence-electron chi connectivity index (χ3n) is 2.20. The van der Waals surface area contributed by atoms with Gasteiger partial charge in [0, 0.05) is 26.2 Å². The van der Waals surface area contributed by atoms with Crippen LogP contribution in [0.4, 0.5) is 0 Å². The number of piperazine rings is 1. The minimum Gasteiger partial charge on any atom is -0.314 e. The van der Waals surface area contributed by atoms with E-state index >= 15 is 0 Å². The van der Waals surface area contributed by atoms with E-state index in [2.05, 4.69) is 23.7 Å². The van der Waals surface area contributed by atoms with Gasteiger partial charge in [-0.1, -0.05) is 31.2 Å². The van der Waals surface area contributed by atoms with E-state index in [1.807, 2.05) is 19.9 Å². The van der Waals surface area contributed by atoms with Gasteiger partial charge in [-0.2, -0.15) is 0 Å². The fraction of sp³-hybridized carbons (Fsp3) is 0.692. The van der Waals surface area contributed by atoms with Crippen molar-refractivity contribution in [3.63, 3.8) is 0 Å². The smallest absolute Gasteiger partial charge is 0.0107 e. The Bertz CT molecular complexity index is 172. The molecule has 0 amide bonds. The van der Waals surface area contributed by atoms with E-state index in [1.54, 1.807) is 6.08 Å². The fourth-order valence-corrected chi connectivity index (χ4v) is 1.49. The summed E-state index contributed by atoms with van der Waals surface area (Å²) in [5.41, 5.74) is 1.30. The minimum absolute atomic E-state index is 1.18. The van der Waals surface area contributed by atoms with Crippen molar-refractivity contribution in [1.82, 2.24) is 10.2 Å². The maximum atomic E-state index is 3.52.